The fourth-order valence-corrected chi connectivity index (χ4v) is 3.33. The van der Waals surface area contributed by atoms with E-state index in [9.17, 15) is 5.11 Å². The van der Waals surface area contributed by atoms with Gasteiger partial charge >= 0.3 is 0 Å². The number of halogens is 1. The monoisotopic (exact) mass is 333 g/mol. The molecule has 22 heavy (non-hydrogen) atoms. The van der Waals surface area contributed by atoms with Crippen molar-refractivity contribution in [3.05, 3.63) is 58.6 Å². The van der Waals surface area contributed by atoms with E-state index in [4.69, 9.17) is 16.3 Å². The molecule has 0 unspecified atom stereocenters. The van der Waals surface area contributed by atoms with E-state index in [0.717, 1.165) is 16.6 Å². The summed E-state index contributed by atoms with van der Waals surface area (Å²) in [5.41, 5.74) is 1.27. The van der Waals surface area contributed by atoms with Crippen LogP contribution in [0.2, 0.25) is 5.02 Å². The second-order valence-corrected chi connectivity index (χ2v) is 7.61. The Labute approximate surface area is 138 Å². The largest absolute Gasteiger partial charge is 0.823 e. The standard InChI is InChI=1S/C18H20ClO2P/c1-12-6-5-7-15(19)16(12)17(20)22-14-10-8-13(9-11-14)21-18(2,3)4/h5-11,20H,1-4H3/p-1. The molecule has 0 spiro atoms. The van der Waals surface area contributed by atoms with Gasteiger partial charge in [0.05, 0.1) is 0 Å². The van der Waals surface area contributed by atoms with E-state index in [0.29, 0.717) is 18.8 Å². The predicted octanol–water partition coefficient (Wildman–Crippen LogP) is 3.94. The molecule has 0 saturated heterocycles. The molecule has 2 rings (SSSR count). The van der Waals surface area contributed by atoms with E-state index >= 15 is 0 Å². The smallest absolute Gasteiger partial charge is 0.120 e. The topological polar surface area (TPSA) is 32.3 Å². The van der Waals surface area contributed by atoms with Gasteiger partial charge in [-0.2, -0.15) is 0 Å². The highest BCUT2D eigenvalue weighted by Crippen LogP contribution is 2.22. The Morgan fingerprint density at radius 2 is 1.73 bits per heavy atom. The van der Waals surface area contributed by atoms with Crippen molar-refractivity contribution in [1.29, 1.82) is 0 Å². The van der Waals surface area contributed by atoms with Crippen molar-refractivity contribution < 1.29 is 9.84 Å². The van der Waals surface area contributed by atoms with Crippen LogP contribution in [0.15, 0.2) is 42.5 Å². The van der Waals surface area contributed by atoms with Crippen LogP contribution < -0.4 is 15.1 Å². The summed E-state index contributed by atoms with van der Waals surface area (Å²) in [4.78, 5) is 0. The fraction of sp³-hybridized carbons (Fsp3) is 0.278. The summed E-state index contributed by atoms with van der Waals surface area (Å²) >= 11 is 6.14. The average molecular weight is 334 g/mol. The lowest BCUT2D eigenvalue weighted by atomic mass is 10.1. The molecule has 0 heterocycles. The van der Waals surface area contributed by atoms with Crippen LogP contribution in [-0.4, -0.2) is 11.1 Å². The Morgan fingerprint density at radius 3 is 2.27 bits per heavy atom. The van der Waals surface area contributed by atoms with Crippen LogP contribution in [0.5, 0.6) is 5.75 Å². The minimum atomic E-state index is -0.232. The zero-order valence-electron chi connectivity index (χ0n) is 13.2. The number of aryl methyl sites for hydroxylation is 1. The lowest BCUT2D eigenvalue weighted by molar-refractivity contribution is -0.207. The first-order valence-corrected chi connectivity index (χ1v) is 8.34. The van der Waals surface area contributed by atoms with Crippen LogP contribution in [0.1, 0.15) is 31.9 Å². The molecule has 0 aliphatic rings. The maximum absolute atomic E-state index is 12.4. The Kier molecular flexibility index (Phi) is 5.28. The van der Waals surface area contributed by atoms with Gasteiger partial charge in [0.2, 0.25) is 0 Å². The minimum absolute atomic E-state index is 0.00703. The predicted molar refractivity (Wildman–Crippen MR) is 93.7 cm³/mol. The van der Waals surface area contributed by atoms with Gasteiger partial charge in [0.15, 0.2) is 0 Å². The summed E-state index contributed by atoms with van der Waals surface area (Å²) in [6.45, 7) is 7.91. The lowest BCUT2D eigenvalue weighted by Gasteiger charge is -2.21. The molecule has 0 atom stereocenters. The molecule has 0 saturated carbocycles. The normalized spacial score (nSPS) is 12.4. The summed E-state index contributed by atoms with van der Waals surface area (Å²) in [6, 6.07) is 13.1. The number of ether oxygens (including phenoxy) is 1. The third kappa shape index (κ3) is 4.58. The van der Waals surface area contributed by atoms with Crippen molar-refractivity contribution in [3.63, 3.8) is 0 Å². The van der Waals surface area contributed by atoms with Gasteiger partial charge in [0, 0.05) is 10.3 Å². The first-order valence-electron chi connectivity index (χ1n) is 7.06. The summed E-state index contributed by atoms with van der Waals surface area (Å²) in [6.07, 6.45) is 0. The molecular formula is C18H19ClO2P-. The zero-order valence-corrected chi connectivity index (χ0v) is 14.8. The molecule has 116 valence electrons. The SMILES string of the molecule is Cc1cccc(Cl)c1C([O-])=Pc1ccc(OC(C)(C)C)cc1. The minimum Gasteiger partial charge on any atom is -0.823 e. The van der Waals surface area contributed by atoms with Gasteiger partial charge in [-0.05, 0) is 69.2 Å². The van der Waals surface area contributed by atoms with Crippen molar-refractivity contribution >= 4 is 30.6 Å². The summed E-state index contributed by atoms with van der Waals surface area (Å²) in [5.74, 6) is 0.799. The summed E-state index contributed by atoms with van der Waals surface area (Å²) < 4.78 is 5.78. The molecule has 0 N–H and O–H groups in total. The second-order valence-electron chi connectivity index (χ2n) is 6.06. The molecule has 2 nitrogen and oxygen atoms in total. The van der Waals surface area contributed by atoms with Crippen molar-refractivity contribution in [3.8, 4) is 5.75 Å². The number of hydrogen-bond acceptors (Lipinski definition) is 2. The van der Waals surface area contributed by atoms with E-state index < -0.39 is 0 Å². The number of hydrogen-bond donors (Lipinski definition) is 0. The maximum Gasteiger partial charge on any atom is 0.120 e. The molecule has 4 heteroatoms. The molecule has 0 aliphatic carbocycles. The Balaban J connectivity index is 2.26. The van der Waals surface area contributed by atoms with Crippen LogP contribution in [0.3, 0.4) is 0 Å². The van der Waals surface area contributed by atoms with Gasteiger partial charge in [-0.1, -0.05) is 31.9 Å². The van der Waals surface area contributed by atoms with E-state index in [1.54, 1.807) is 6.07 Å². The van der Waals surface area contributed by atoms with E-state index in [1.807, 2.05) is 64.1 Å². The molecular weight excluding hydrogens is 315 g/mol. The third-order valence-corrected chi connectivity index (χ3v) is 4.23. The summed E-state index contributed by atoms with van der Waals surface area (Å²) in [7, 11) is 0.613. The second kappa shape index (κ2) is 6.83. The van der Waals surface area contributed by atoms with Gasteiger partial charge in [-0.3, -0.25) is 0 Å². The first-order chi connectivity index (χ1) is 10.3. The van der Waals surface area contributed by atoms with Gasteiger partial charge in [-0.25, -0.2) is 0 Å². The van der Waals surface area contributed by atoms with E-state index in [-0.39, 0.29) is 11.1 Å². The first kappa shape index (κ1) is 17.0. The Morgan fingerprint density at radius 1 is 1.09 bits per heavy atom. The van der Waals surface area contributed by atoms with E-state index in [1.165, 1.54) is 0 Å². The van der Waals surface area contributed by atoms with Crippen molar-refractivity contribution in [1.82, 2.24) is 0 Å². The summed E-state index contributed by atoms with van der Waals surface area (Å²) in [5, 5.41) is 13.9. The maximum atomic E-state index is 12.4. The van der Waals surface area contributed by atoms with Crippen LogP contribution in [-0.2, 0) is 0 Å². The third-order valence-electron chi connectivity index (χ3n) is 2.93. The number of rotatable bonds is 3. The average Bonchev–Trinajstić information content (AvgIpc) is 2.39. The van der Waals surface area contributed by atoms with E-state index in [2.05, 4.69) is 0 Å². The van der Waals surface area contributed by atoms with Gasteiger partial charge < -0.3 is 9.84 Å². The molecule has 0 aromatic heterocycles. The van der Waals surface area contributed by atoms with Gasteiger partial charge in [-0.15, -0.1) is 5.48 Å². The van der Waals surface area contributed by atoms with Gasteiger partial charge in [0.1, 0.15) is 11.4 Å². The van der Waals surface area contributed by atoms with Crippen molar-refractivity contribution in [2.24, 2.45) is 0 Å². The van der Waals surface area contributed by atoms with Crippen LogP contribution in [0.4, 0.5) is 0 Å². The molecule has 2 aromatic rings. The molecule has 0 bridgehead atoms. The number of benzene rings is 2. The fourth-order valence-electron chi connectivity index (χ4n) is 2.02. The Bertz CT molecular complexity index is 665. The van der Waals surface area contributed by atoms with Crippen LogP contribution in [0, 0.1) is 6.92 Å². The molecule has 2 aromatic carbocycles. The van der Waals surface area contributed by atoms with Crippen molar-refractivity contribution in [2.75, 3.05) is 0 Å². The molecule has 0 radical (unpaired) electrons. The zero-order chi connectivity index (χ0) is 16.3. The quantitative estimate of drug-likeness (QED) is 0.797. The van der Waals surface area contributed by atoms with Crippen LogP contribution in [0.25, 0.3) is 0 Å². The molecule has 0 fully saturated rings. The lowest BCUT2D eigenvalue weighted by Crippen LogP contribution is -2.23. The Hall–Kier alpha value is -1.34. The highest BCUT2D eigenvalue weighted by atomic mass is 35.5. The van der Waals surface area contributed by atoms with Crippen molar-refractivity contribution in [2.45, 2.75) is 33.3 Å². The molecule has 0 amide bonds. The van der Waals surface area contributed by atoms with Crippen LogP contribution >= 0.6 is 19.8 Å². The highest BCUT2D eigenvalue weighted by molar-refractivity contribution is 7.49. The van der Waals surface area contributed by atoms with Gasteiger partial charge in [0.25, 0.3) is 0 Å². The highest BCUT2D eigenvalue weighted by Gasteiger charge is 2.11. The molecule has 0 aliphatic heterocycles.